The van der Waals surface area contributed by atoms with Gasteiger partial charge < -0.3 is 9.47 Å². The molecule has 1 radical (unpaired) electrons. The summed E-state index contributed by atoms with van der Waals surface area (Å²) in [6.07, 6.45) is 0. The second kappa shape index (κ2) is 12.9. The molecule has 0 aliphatic rings. The Hall–Kier alpha value is -6.38. The molecule has 0 fully saturated rings. The number of benzene rings is 9. The summed E-state index contributed by atoms with van der Waals surface area (Å²) in [5, 5.41) is 12.5. The van der Waals surface area contributed by atoms with Crippen LogP contribution in [0.15, 0.2) is 200 Å². The summed E-state index contributed by atoms with van der Waals surface area (Å²) >= 11 is 0. The molecule has 10 aromatic carbocycles. The molecule has 255 valence electrons. The van der Waals surface area contributed by atoms with Gasteiger partial charge in [-0.2, -0.15) is 0 Å². The van der Waals surface area contributed by atoms with Crippen LogP contribution in [0.3, 0.4) is 0 Å². The Kier molecular flexibility index (Phi) is 7.73. The molecule has 0 saturated carbocycles. The second-order valence-corrected chi connectivity index (χ2v) is 13.9. The van der Waals surface area contributed by atoms with E-state index in [1.165, 1.54) is 87.4 Å². The number of fused-ring (bicyclic) bond motifs is 8. The number of para-hydroxylation sites is 3. The third-order valence-electron chi connectivity index (χ3n) is 11.0. The molecule has 1 heterocycles. The van der Waals surface area contributed by atoms with Crippen LogP contribution < -0.4 is 4.90 Å². The van der Waals surface area contributed by atoms with Gasteiger partial charge in [-0.3, -0.25) is 0 Å². The first kappa shape index (κ1) is 32.3. The van der Waals surface area contributed by atoms with E-state index in [9.17, 15) is 0 Å². The van der Waals surface area contributed by atoms with E-state index in [1.807, 2.05) is 0 Å². The van der Waals surface area contributed by atoms with Crippen LogP contribution in [-0.4, -0.2) is 4.57 Å². The second-order valence-electron chi connectivity index (χ2n) is 13.9. The molecule has 0 atom stereocenters. The van der Waals surface area contributed by atoms with Crippen molar-refractivity contribution in [1.82, 2.24) is 4.57 Å². The molecule has 11 aromatic rings. The minimum Gasteiger partial charge on any atom is -0.316 e. The van der Waals surface area contributed by atoms with Crippen molar-refractivity contribution < 1.29 is 20.1 Å². The Balaban J connectivity index is 0.00000361. The van der Waals surface area contributed by atoms with E-state index < -0.39 is 0 Å². The summed E-state index contributed by atoms with van der Waals surface area (Å²) in [6, 6.07) is 73.1. The molecule has 0 amide bonds. The Morgan fingerprint density at radius 2 is 0.852 bits per heavy atom. The number of anilines is 3. The third-order valence-corrected chi connectivity index (χ3v) is 11.0. The normalized spacial score (nSPS) is 11.6. The van der Waals surface area contributed by atoms with Gasteiger partial charge in [-0.05, 0) is 46.2 Å². The van der Waals surface area contributed by atoms with E-state index >= 15 is 0 Å². The van der Waals surface area contributed by atoms with Crippen LogP contribution in [0, 0.1) is 0 Å². The van der Waals surface area contributed by atoms with Crippen molar-refractivity contribution in [1.29, 1.82) is 0 Å². The molecular weight excluding hydrogens is 739 g/mol. The first-order valence-electron chi connectivity index (χ1n) is 18.3. The summed E-state index contributed by atoms with van der Waals surface area (Å²) in [6.45, 7) is 0. The number of nitrogens with zero attached hydrogens (tertiary/aromatic N) is 2. The van der Waals surface area contributed by atoms with Crippen LogP contribution in [0.5, 0.6) is 0 Å². The van der Waals surface area contributed by atoms with Gasteiger partial charge in [-0.1, -0.05) is 170 Å². The summed E-state index contributed by atoms with van der Waals surface area (Å²) in [7, 11) is 0. The van der Waals surface area contributed by atoms with Crippen LogP contribution in [0.4, 0.5) is 17.1 Å². The summed E-state index contributed by atoms with van der Waals surface area (Å²) < 4.78 is 2.40. The van der Waals surface area contributed by atoms with E-state index in [2.05, 4.69) is 210 Å². The molecule has 0 unspecified atom stereocenters. The Bertz CT molecular complexity index is 3060. The van der Waals surface area contributed by atoms with Gasteiger partial charge in [-0.25, -0.2) is 0 Å². The zero-order valence-corrected chi connectivity index (χ0v) is 31.2. The summed E-state index contributed by atoms with van der Waals surface area (Å²) in [4.78, 5) is 2.46. The van der Waals surface area contributed by atoms with Gasteiger partial charge >= 0.3 is 0 Å². The topological polar surface area (TPSA) is 8.17 Å². The average Bonchev–Trinajstić information content (AvgIpc) is 3.76. The smallest absolute Gasteiger partial charge is 0.0612 e. The molecule has 1 aromatic heterocycles. The zero-order valence-electron chi connectivity index (χ0n) is 29.3. The first-order valence-corrected chi connectivity index (χ1v) is 18.3. The van der Waals surface area contributed by atoms with E-state index in [4.69, 9.17) is 0 Å². The minimum absolute atomic E-state index is 0. The monoisotopic (exact) mass is 770 g/mol. The number of aromatic nitrogens is 1. The Morgan fingerprint density at radius 3 is 1.46 bits per heavy atom. The van der Waals surface area contributed by atoms with Gasteiger partial charge in [0.2, 0.25) is 0 Å². The van der Waals surface area contributed by atoms with Gasteiger partial charge in [0, 0.05) is 58.7 Å². The predicted octanol–water partition coefficient (Wildman–Crippen LogP) is 14.2. The van der Waals surface area contributed by atoms with Crippen molar-refractivity contribution in [2.24, 2.45) is 0 Å². The maximum Gasteiger partial charge on any atom is 0.0612 e. The van der Waals surface area contributed by atoms with Gasteiger partial charge in [0.1, 0.15) is 0 Å². The van der Waals surface area contributed by atoms with Crippen molar-refractivity contribution in [3.8, 4) is 16.8 Å². The van der Waals surface area contributed by atoms with Crippen molar-refractivity contribution in [2.75, 3.05) is 4.90 Å². The number of hydrogen-bond donors (Lipinski definition) is 0. The molecule has 0 N–H and O–H groups in total. The van der Waals surface area contributed by atoms with Crippen LogP contribution >= 0.6 is 0 Å². The predicted molar refractivity (Wildman–Crippen MR) is 227 cm³/mol. The molecule has 11 rings (SSSR count). The van der Waals surface area contributed by atoms with Crippen LogP contribution in [0.2, 0.25) is 0 Å². The van der Waals surface area contributed by atoms with Gasteiger partial charge in [-0.15, -0.1) is 27.6 Å². The Labute approximate surface area is 326 Å². The average molecular weight is 772 g/mol. The maximum absolute atomic E-state index is 2.46. The molecule has 0 aliphatic carbocycles. The molecular formula is C51H33N2Tc-. The van der Waals surface area contributed by atoms with Crippen LogP contribution in [0.1, 0.15) is 0 Å². The molecule has 0 saturated heterocycles. The van der Waals surface area contributed by atoms with Gasteiger partial charge in [0.15, 0.2) is 0 Å². The van der Waals surface area contributed by atoms with E-state index in [1.54, 1.807) is 0 Å². The van der Waals surface area contributed by atoms with Crippen molar-refractivity contribution in [3.05, 3.63) is 200 Å². The molecule has 54 heavy (non-hydrogen) atoms. The molecule has 0 aliphatic heterocycles. The molecule has 3 heteroatoms. The summed E-state index contributed by atoms with van der Waals surface area (Å²) in [5.41, 5.74) is 9.56. The number of hydrogen-bond acceptors (Lipinski definition) is 1. The van der Waals surface area contributed by atoms with Crippen LogP contribution in [-0.2, 0) is 20.1 Å². The van der Waals surface area contributed by atoms with E-state index in [0.717, 1.165) is 11.4 Å². The van der Waals surface area contributed by atoms with Crippen LogP contribution in [0.25, 0.3) is 81.7 Å². The maximum atomic E-state index is 2.46. The third kappa shape index (κ3) is 4.94. The van der Waals surface area contributed by atoms with Gasteiger partial charge in [0.05, 0.1) is 16.7 Å². The fourth-order valence-electron chi connectivity index (χ4n) is 8.72. The SMILES string of the molecule is [Tc].c1ccc(-c2c3ccccc3c(N(c3ccccc3)c3ccc4c(c3)[cH-]c3cc(-n5c6ccccc6c6ccccc65)ccc34)c3ccccc23)cc1. The fraction of sp³-hybridized carbons (Fsp3) is 0. The van der Waals surface area contributed by atoms with E-state index in [0.29, 0.717) is 0 Å². The fourth-order valence-corrected chi connectivity index (χ4v) is 8.72. The van der Waals surface area contributed by atoms with Gasteiger partial charge in [0.25, 0.3) is 0 Å². The quantitative estimate of drug-likeness (QED) is 0.125. The molecule has 0 spiro atoms. The van der Waals surface area contributed by atoms with Crippen molar-refractivity contribution in [2.45, 2.75) is 0 Å². The number of rotatable bonds is 5. The standard InChI is InChI=1S/C51H33N2.Tc/c1-3-15-34(16-4-1)50-44-21-7-9-23-46(44)51(47-24-10-8-22-45(47)50)52(37-17-5-2-6-18-37)38-27-29-40-35(32-38)31-36-33-39(28-30-41(36)40)53-48-25-13-11-19-42(48)43-20-12-14-26-49(43)53;/h1-33H;/q-1;. The first-order chi connectivity index (χ1) is 26.3. The summed E-state index contributed by atoms with van der Waals surface area (Å²) in [5.74, 6) is 0. The Morgan fingerprint density at radius 1 is 0.370 bits per heavy atom. The molecule has 2 nitrogen and oxygen atoms in total. The molecule has 0 bridgehead atoms. The largest absolute Gasteiger partial charge is 0.316 e. The minimum atomic E-state index is 0. The van der Waals surface area contributed by atoms with Crippen molar-refractivity contribution in [3.63, 3.8) is 0 Å². The zero-order chi connectivity index (χ0) is 34.9. The van der Waals surface area contributed by atoms with Crippen molar-refractivity contribution >= 4 is 82.0 Å². The van der Waals surface area contributed by atoms with E-state index in [-0.39, 0.29) is 20.1 Å².